The third-order valence-electron chi connectivity index (χ3n) is 3.21. The molecule has 1 aromatic heterocycles. The maximum atomic E-state index is 12.0. The Morgan fingerprint density at radius 2 is 2.06 bits per heavy atom. The van der Waals surface area contributed by atoms with Crippen LogP contribution in [0.5, 0.6) is 0 Å². The van der Waals surface area contributed by atoms with Crippen molar-refractivity contribution in [1.82, 2.24) is 10.2 Å². The largest absolute Gasteiger partial charge is 0.280 e. The standard InChI is InChI=1S/C11H19N3O2S/c1-8(2)10-7-11(13-12-10)14-17(15,16)9-5-3-4-6-9/h7-9H,3-6H2,1-2H3,(H2,12,13,14). The lowest BCUT2D eigenvalue weighted by Crippen LogP contribution is -2.25. The molecule has 2 rings (SSSR count). The summed E-state index contributed by atoms with van der Waals surface area (Å²) in [5, 5.41) is 6.57. The van der Waals surface area contributed by atoms with E-state index in [2.05, 4.69) is 14.9 Å². The number of aromatic amines is 1. The van der Waals surface area contributed by atoms with Gasteiger partial charge in [0.25, 0.3) is 0 Å². The van der Waals surface area contributed by atoms with E-state index in [1.807, 2.05) is 13.8 Å². The monoisotopic (exact) mass is 257 g/mol. The molecule has 1 aliphatic carbocycles. The number of H-pyrrole nitrogens is 1. The molecule has 17 heavy (non-hydrogen) atoms. The number of hydrogen-bond acceptors (Lipinski definition) is 3. The quantitative estimate of drug-likeness (QED) is 0.868. The van der Waals surface area contributed by atoms with E-state index < -0.39 is 10.0 Å². The predicted molar refractivity (Wildman–Crippen MR) is 67.5 cm³/mol. The van der Waals surface area contributed by atoms with Crippen LogP contribution in [0.2, 0.25) is 0 Å². The minimum atomic E-state index is -3.26. The molecule has 0 amide bonds. The van der Waals surface area contributed by atoms with Gasteiger partial charge in [-0.15, -0.1) is 0 Å². The van der Waals surface area contributed by atoms with Gasteiger partial charge in [0.15, 0.2) is 5.82 Å². The van der Waals surface area contributed by atoms with Crippen molar-refractivity contribution < 1.29 is 8.42 Å². The summed E-state index contributed by atoms with van der Waals surface area (Å²) in [5.74, 6) is 0.716. The molecule has 6 heteroatoms. The molecule has 0 bridgehead atoms. The van der Waals surface area contributed by atoms with Crippen LogP contribution in [0.4, 0.5) is 5.82 Å². The Bertz CT molecular complexity index is 473. The molecule has 1 aliphatic rings. The lowest BCUT2D eigenvalue weighted by atomic mass is 10.1. The van der Waals surface area contributed by atoms with Crippen molar-refractivity contribution in [2.24, 2.45) is 0 Å². The zero-order valence-electron chi connectivity index (χ0n) is 10.2. The molecule has 0 atom stereocenters. The van der Waals surface area contributed by atoms with Crippen molar-refractivity contribution in [3.8, 4) is 0 Å². The number of aromatic nitrogens is 2. The number of nitrogens with zero attached hydrogens (tertiary/aromatic N) is 1. The zero-order valence-corrected chi connectivity index (χ0v) is 11.0. The van der Waals surface area contributed by atoms with Crippen molar-refractivity contribution in [3.05, 3.63) is 11.8 Å². The molecule has 0 saturated heterocycles. The molecular formula is C11H19N3O2S. The Morgan fingerprint density at radius 3 is 2.59 bits per heavy atom. The third kappa shape index (κ3) is 2.80. The van der Waals surface area contributed by atoms with Crippen LogP contribution in [0.15, 0.2) is 6.07 Å². The normalized spacial score (nSPS) is 17.8. The Hall–Kier alpha value is -1.04. The second-order valence-corrected chi connectivity index (χ2v) is 6.88. The fourth-order valence-electron chi connectivity index (χ4n) is 2.11. The fraction of sp³-hybridized carbons (Fsp3) is 0.727. The van der Waals surface area contributed by atoms with E-state index in [4.69, 9.17) is 0 Å². The van der Waals surface area contributed by atoms with Crippen LogP contribution in [-0.2, 0) is 10.0 Å². The Labute approximate surface area is 102 Å². The van der Waals surface area contributed by atoms with E-state index in [1.165, 1.54) is 0 Å². The van der Waals surface area contributed by atoms with Crippen LogP contribution in [0.25, 0.3) is 0 Å². The van der Waals surface area contributed by atoms with Gasteiger partial charge < -0.3 is 0 Å². The van der Waals surface area contributed by atoms with Gasteiger partial charge in [0.1, 0.15) is 0 Å². The van der Waals surface area contributed by atoms with Gasteiger partial charge >= 0.3 is 0 Å². The molecule has 2 N–H and O–H groups in total. The van der Waals surface area contributed by atoms with Crippen molar-refractivity contribution >= 4 is 15.8 Å². The van der Waals surface area contributed by atoms with Crippen molar-refractivity contribution in [3.63, 3.8) is 0 Å². The third-order valence-corrected chi connectivity index (χ3v) is 5.05. The van der Waals surface area contributed by atoms with Crippen LogP contribution >= 0.6 is 0 Å². The van der Waals surface area contributed by atoms with Gasteiger partial charge in [-0.05, 0) is 18.8 Å². The lowest BCUT2D eigenvalue weighted by molar-refractivity contribution is 0.585. The highest BCUT2D eigenvalue weighted by molar-refractivity contribution is 7.93. The highest BCUT2D eigenvalue weighted by Gasteiger charge is 2.29. The molecule has 0 radical (unpaired) electrons. The Kier molecular flexibility index (Phi) is 3.42. The van der Waals surface area contributed by atoms with E-state index in [0.29, 0.717) is 11.7 Å². The first kappa shape index (κ1) is 12.4. The molecule has 0 spiro atoms. The summed E-state index contributed by atoms with van der Waals surface area (Å²) in [4.78, 5) is 0. The van der Waals surface area contributed by atoms with Gasteiger partial charge in [-0.2, -0.15) is 5.10 Å². The maximum Gasteiger partial charge on any atom is 0.236 e. The molecule has 96 valence electrons. The van der Waals surface area contributed by atoms with Crippen LogP contribution in [0, 0.1) is 0 Å². The average Bonchev–Trinajstić information content (AvgIpc) is 2.85. The number of anilines is 1. The van der Waals surface area contributed by atoms with E-state index >= 15 is 0 Å². The second kappa shape index (κ2) is 4.68. The molecule has 0 aromatic carbocycles. The smallest absolute Gasteiger partial charge is 0.236 e. The zero-order chi connectivity index (χ0) is 12.5. The molecule has 1 heterocycles. The summed E-state index contributed by atoms with van der Waals surface area (Å²) in [5.41, 5.74) is 0.939. The lowest BCUT2D eigenvalue weighted by Gasteiger charge is -2.10. The van der Waals surface area contributed by atoms with Crippen molar-refractivity contribution in [1.29, 1.82) is 0 Å². The molecular weight excluding hydrogens is 238 g/mol. The SMILES string of the molecule is CC(C)c1cc(NS(=O)(=O)C2CCCC2)n[nH]1. The predicted octanol–water partition coefficient (Wildman–Crippen LogP) is 2.22. The first-order valence-electron chi connectivity index (χ1n) is 6.06. The average molecular weight is 257 g/mol. The van der Waals surface area contributed by atoms with Gasteiger partial charge in [-0.3, -0.25) is 9.82 Å². The fourth-order valence-corrected chi connectivity index (χ4v) is 3.63. The minimum absolute atomic E-state index is 0.248. The summed E-state index contributed by atoms with van der Waals surface area (Å²) in [6, 6.07) is 1.76. The molecule has 1 fully saturated rings. The van der Waals surface area contributed by atoms with Crippen LogP contribution < -0.4 is 4.72 Å². The van der Waals surface area contributed by atoms with Gasteiger partial charge in [0.2, 0.25) is 10.0 Å². The van der Waals surface area contributed by atoms with Crippen LogP contribution in [0.3, 0.4) is 0 Å². The number of nitrogens with one attached hydrogen (secondary N) is 2. The number of rotatable bonds is 4. The Balaban J connectivity index is 2.08. The molecule has 1 saturated carbocycles. The Morgan fingerprint density at radius 1 is 1.41 bits per heavy atom. The number of hydrogen-bond donors (Lipinski definition) is 2. The maximum absolute atomic E-state index is 12.0. The van der Waals surface area contributed by atoms with Gasteiger partial charge in [0, 0.05) is 11.8 Å². The summed E-state index contributed by atoms with van der Waals surface area (Å²) >= 11 is 0. The summed E-state index contributed by atoms with van der Waals surface area (Å²) in [7, 11) is -3.26. The van der Waals surface area contributed by atoms with Crippen LogP contribution in [-0.4, -0.2) is 23.9 Å². The van der Waals surface area contributed by atoms with Gasteiger partial charge in [0.05, 0.1) is 5.25 Å². The number of sulfonamides is 1. The highest BCUT2D eigenvalue weighted by atomic mass is 32.2. The van der Waals surface area contributed by atoms with E-state index in [1.54, 1.807) is 6.07 Å². The molecule has 5 nitrogen and oxygen atoms in total. The van der Waals surface area contributed by atoms with Crippen LogP contribution in [0.1, 0.15) is 51.1 Å². The molecule has 1 aromatic rings. The highest BCUT2D eigenvalue weighted by Crippen LogP contribution is 2.26. The van der Waals surface area contributed by atoms with Crippen molar-refractivity contribution in [2.45, 2.75) is 50.7 Å². The van der Waals surface area contributed by atoms with Gasteiger partial charge in [-0.25, -0.2) is 8.42 Å². The summed E-state index contributed by atoms with van der Waals surface area (Å²) in [6.45, 7) is 4.06. The first-order valence-corrected chi connectivity index (χ1v) is 7.60. The summed E-state index contributed by atoms with van der Waals surface area (Å²) in [6.07, 6.45) is 3.53. The van der Waals surface area contributed by atoms with Crippen molar-refractivity contribution in [2.75, 3.05) is 4.72 Å². The van der Waals surface area contributed by atoms with Gasteiger partial charge in [-0.1, -0.05) is 26.7 Å². The molecule has 0 aliphatic heterocycles. The summed E-state index contributed by atoms with van der Waals surface area (Å²) < 4.78 is 26.6. The second-order valence-electron chi connectivity index (χ2n) is 4.92. The van der Waals surface area contributed by atoms with E-state index in [9.17, 15) is 8.42 Å². The van der Waals surface area contributed by atoms with E-state index in [0.717, 1.165) is 31.4 Å². The minimum Gasteiger partial charge on any atom is -0.280 e. The topological polar surface area (TPSA) is 74.8 Å². The molecule has 0 unspecified atom stereocenters. The first-order chi connectivity index (χ1) is 7.99. The van der Waals surface area contributed by atoms with E-state index in [-0.39, 0.29) is 5.25 Å².